The van der Waals surface area contributed by atoms with Gasteiger partial charge in [0.15, 0.2) is 0 Å². The highest BCUT2D eigenvalue weighted by atomic mass is 35.5. The summed E-state index contributed by atoms with van der Waals surface area (Å²) in [6.45, 7) is 8.55. The van der Waals surface area contributed by atoms with Crippen LogP contribution in [0.2, 0.25) is 0 Å². The zero-order chi connectivity index (χ0) is 15.6. The highest BCUT2D eigenvalue weighted by Crippen LogP contribution is 2.28. The molecule has 0 atom stereocenters. The summed E-state index contributed by atoms with van der Waals surface area (Å²) in [6.07, 6.45) is 0. The number of rotatable bonds is 5. The van der Waals surface area contributed by atoms with E-state index in [2.05, 4.69) is 0 Å². The molecular weight excluding hydrogens is 291 g/mol. The predicted molar refractivity (Wildman–Crippen MR) is 87.1 cm³/mol. The molecule has 0 aliphatic heterocycles. The molecule has 2 N–H and O–H groups in total. The number of amides is 1. The Labute approximate surface area is 133 Å². The number of nitrogens with two attached hydrogens (primary N) is 1. The Kier molecular flexibility index (Phi) is 6.84. The maximum atomic E-state index is 13.9. The Balaban J connectivity index is 0.00000400. The highest BCUT2D eigenvalue weighted by Gasteiger charge is 2.35. The SMILES string of the molecule is CN(CC(C)(C)CN)C(=O)C(C)(C)c1ccccc1F.Cl. The number of hydrogen-bond donors (Lipinski definition) is 1. The van der Waals surface area contributed by atoms with Crippen molar-refractivity contribution in [2.24, 2.45) is 11.1 Å². The van der Waals surface area contributed by atoms with E-state index in [-0.39, 0.29) is 29.5 Å². The minimum Gasteiger partial charge on any atom is -0.344 e. The van der Waals surface area contributed by atoms with Crippen molar-refractivity contribution >= 4 is 18.3 Å². The van der Waals surface area contributed by atoms with Crippen molar-refractivity contribution in [1.29, 1.82) is 0 Å². The first kappa shape index (κ1) is 19.9. The third-order valence-corrected chi connectivity index (χ3v) is 3.65. The van der Waals surface area contributed by atoms with Crippen LogP contribution in [0.15, 0.2) is 24.3 Å². The Morgan fingerprint density at radius 2 is 1.76 bits per heavy atom. The summed E-state index contributed by atoms with van der Waals surface area (Å²) in [6, 6.07) is 6.42. The van der Waals surface area contributed by atoms with E-state index >= 15 is 0 Å². The molecule has 1 rings (SSSR count). The number of carbonyl (C=O) groups is 1. The molecule has 0 spiro atoms. The lowest BCUT2D eigenvalue weighted by Crippen LogP contribution is -2.46. The molecule has 1 aromatic carbocycles. The van der Waals surface area contributed by atoms with Gasteiger partial charge in [0.05, 0.1) is 5.41 Å². The van der Waals surface area contributed by atoms with E-state index in [0.717, 1.165) is 0 Å². The van der Waals surface area contributed by atoms with Gasteiger partial charge in [-0.15, -0.1) is 12.4 Å². The van der Waals surface area contributed by atoms with Gasteiger partial charge in [-0.2, -0.15) is 0 Å². The molecule has 1 aromatic rings. The van der Waals surface area contributed by atoms with E-state index in [9.17, 15) is 9.18 Å². The van der Waals surface area contributed by atoms with Crippen molar-refractivity contribution in [2.75, 3.05) is 20.1 Å². The van der Waals surface area contributed by atoms with Crippen LogP contribution in [0.5, 0.6) is 0 Å². The molecule has 0 saturated carbocycles. The molecule has 3 nitrogen and oxygen atoms in total. The Hall–Kier alpha value is -1.13. The molecule has 5 heteroatoms. The molecule has 21 heavy (non-hydrogen) atoms. The van der Waals surface area contributed by atoms with Crippen molar-refractivity contribution in [2.45, 2.75) is 33.1 Å². The quantitative estimate of drug-likeness (QED) is 0.907. The van der Waals surface area contributed by atoms with Crippen molar-refractivity contribution in [1.82, 2.24) is 4.90 Å². The number of halogens is 2. The van der Waals surface area contributed by atoms with E-state index < -0.39 is 5.41 Å². The Morgan fingerprint density at radius 3 is 2.24 bits per heavy atom. The van der Waals surface area contributed by atoms with Crippen LogP contribution in [0.1, 0.15) is 33.3 Å². The predicted octanol–water partition coefficient (Wildman–Crippen LogP) is 2.97. The van der Waals surface area contributed by atoms with Crippen LogP contribution in [0, 0.1) is 11.2 Å². The average Bonchev–Trinajstić information content (AvgIpc) is 2.37. The lowest BCUT2D eigenvalue weighted by molar-refractivity contribution is -0.136. The van der Waals surface area contributed by atoms with Gasteiger partial charge in [0.1, 0.15) is 5.82 Å². The third-order valence-electron chi connectivity index (χ3n) is 3.65. The van der Waals surface area contributed by atoms with Crippen LogP contribution >= 0.6 is 12.4 Å². The summed E-state index contributed by atoms with van der Waals surface area (Å²) in [7, 11) is 1.74. The minimum atomic E-state index is -0.898. The summed E-state index contributed by atoms with van der Waals surface area (Å²) in [5, 5.41) is 0. The Bertz CT molecular complexity index is 489. The van der Waals surface area contributed by atoms with Gasteiger partial charge in [0, 0.05) is 19.2 Å². The van der Waals surface area contributed by atoms with Crippen LogP contribution in [-0.4, -0.2) is 30.9 Å². The van der Waals surface area contributed by atoms with Gasteiger partial charge in [0.2, 0.25) is 5.91 Å². The van der Waals surface area contributed by atoms with E-state index in [1.54, 1.807) is 44.0 Å². The molecule has 120 valence electrons. The second-order valence-corrected chi connectivity index (χ2v) is 6.63. The van der Waals surface area contributed by atoms with E-state index in [1.165, 1.54) is 6.07 Å². The van der Waals surface area contributed by atoms with Crippen LogP contribution < -0.4 is 5.73 Å². The molecule has 0 aromatic heterocycles. The van der Waals surface area contributed by atoms with Gasteiger partial charge in [0.25, 0.3) is 0 Å². The lowest BCUT2D eigenvalue weighted by Gasteiger charge is -2.34. The van der Waals surface area contributed by atoms with Crippen molar-refractivity contribution in [3.8, 4) is 0 Å². The molecule has 0 saturated heterocycles. The molecule has 1 amide bonds. The topological polar surface area (TPSA) is 46.3 Å². The largest absolute Gasteiger partial charge is 0.344 e. The van der Waals surface area contributed by atoms with E-state index in [1.807, 2.05) is 13.8 Å². The van der Waals surface area contributed by atoms with Crippen LogP contribution in [0.3, 0.4) is 0 Å². The monoisotopic (exact) mass is 316 g/mol. The first-order valence-corrected chi connectivity index (χ1v) is 6.82. The summed E-state index contributed by atoms with van der Waals surface area (Å²) >= 11 is 0. The van der Waals surface area contributed by atoms with Gasteiger partial charge in [-0.1, -0.05) is 32.0 Å². The number of benzene rings is 1. The molecule has 0 bridgehead atoms. The van der Waals surface area contributed by atoms with Crippen molar-refractivity contribution < 1.29 is 9.18 Å². The molecule has 0 heterocycles. The van der Waals surface area contributed by atoms with E-state index in [4.69, 9.17) is 5.73 Å². The minimum absolute atomic E-state index is 0. The highest BCUT2D eigenvalue weighted by molar-refractivity contribution is 5.87. The second-order valence-electron chi connectivity index (χ2n) is 6.63. The standard InChI is InChI=1S/C16H25FN2O.ClH/c1-15(2,10-18)11-19(5)14(20)16(3,4)12-8-6-7-9-13(12)17;/h6-9H,10-11,18H2,1-5H3;1H. The number of likely N-dealkylation sites (N-methyl/N-ethyl adjacent to an activating group) is 1. The summed E-state index contributed by atoms with van der Waals surface area (Å²) < 4.78 is 13.9. The molecule has 0 aliphatic rings. The molecule has 0 fully saturated rings. The zero-order valence-electron chi connectivity index (χ0n) is 13.4. The molecule has 0 unspecified atom stereocenters. The fourth-order valence-electron chi connectivity index (χ4n) is 2.34. The number of nitrogens with zero attached hydrogens (tertiary/aromatic N) is 1. The summed E-state index contributed by atoms with van der Waals surface area (Å²) in [4.78, 5) is 14.3. The molecule has 0 aliphatic carbocycles. The zero-order valence-corrected chi connectivity index (χ0v) is 14.3. The first-order chi connectivity index (χ1) is 9.12. The van der Waals surface area contributed by atoms with Crippen LogP contribution in [-0.2, 0) is 10.2 Å². The number of carbonyl (C=O) groups excluding carboxylic acids is 1. The van der Waals surface area contributed by atoms with Crippen LogP contribution in [0.4, 0.5) is 4.39 Å². The van der Waals surface area contributed by atoms with Gasteiger partial charge in [-0.25, -0.2) is 4.39 Å². The maximum Gasteiger partial charge on any atom is 0.232 e. The van der Waals surface area contributed by atoms with Crippen molar-refractivity contribution in [3.05, 3.63) is 35.6 Å². The van der Waals surface area contributed by atoms with Crippen LogP contribution in [0.25, 0.3) is 0 Å². The lowest BCUT2D eigenvalue weighted by atomic mass is 9.82. The fraction of sp³-hybridized carbons (Fsp3) is 0.562. The van der Waals surface area contributed by atoms with Gasteiger partial charge < -0.3 is 10.6 Å². The smallest absolute Gasteiger partial charge is 0.232 e. The van der Waals surface area contributed by atoms with Gasteiger partial charge in [-0.05, 0) is 31.9 Å². The van der Waals surface area contributed by atoms with Gasteiger partial charge in [-0.3, -0.25) is 4.79 Å². The third kappa shape index (κ3) is 4.68. The normalized spacial score (nSPS) is 11.8. The maximum absolute atomic E-state index is 13.9. The molecular formula is C16H26ClFN2O. The van der Waals surface area contributed by atoms with Crippen molar-refractivity contribution in [3.63, 3.8) is 0 Å². The Morgan fingerprint density at radius 1 is 1.24 bits per heavy atom. The van der Waals surface area contributed by atoms with Gasteiger partial charge >= 0.3 is 0 Å². The molecule has 0 radical (unpaired) electrons. The fourth-order valence-corrected chi connectivity index (χ4v) is 2.34. The first-order valence-electron chi connectivity index (χ1n) is 6.82. The number of hydrogen-bond acceptors (Lipinski definition) is 2. The average molecular weight is 317 g/mol. The summed E-state index contributed by atoms with van der Waals surface area (Å²) in [5.41, 5.74) is 5.06. The van der Waals surface area contributed by atoms with E-state index in [0.29, 0.717) is 18.7 Å². The summed E-state index contributed by atoms with van der Waals surface area (Å²) in [5.74, 6) is -0.457. The second kappa shape index (κ2) is 7.23.